The van der Waals surface area contributed by atoms with Gasteiger partial charge in [0.25, 0.3) is 11.8 Å². The lowest BCUT2D eigenvalue weighted by Crippen LogP contribution is -2.33. The van der Waals surface area contributed by atoms with Crippen molar-refractivity contribution >= 4 is 28.8 Å². The molecule has 0 aliphatic carbocycles. The third-order valence-corrected chi connectivity index (χ3v) is 5.22. The van der Waals surface area contributed by atoms with Gasteiger partial charge in [-0.2, -0.15) is 0 Å². The van der Waals surface area contributed by atoms with E-state index >= 15 is 0 Å². The number of imide groups is 1. The maximum absolute atomic E-state index is 13.7. The van der Waals surface area contributed by atoms with E-state index in [0.29, 0.717) is 11.3 Å². The van der Waals surface area contributed by atoms with Crippen molar-refractivity contribution in [1.82, 2.24) is 0 Å². The van der Waals surface area contributed by atoms with Crippen molar-refractivity contribution in [3.8, 4) is 0 Å². The average molecular weight is 418 g/mol. The Morgan fingerprint density at radius 1 is 0.742 bits per heavy atom. The van der Waals surface area contributed by atoms with Gasteiger partial charge in [0.05, 0.1) is 11.3 Å². The van der Waals surface area contributed by atoms with Crippen LogP contribution < -0.4 is 10.2 Å². The second kappa shape index (κ2) is 7.80. The molecule has 0 saturated carbocycles. The van der Waals surface area contributed by atoms with E-state index in [0.717, 1.165) is 33.7 Å². The van der Waals surface area contributed by atoms with E-state index in [4.69, 9.17) is 0 Å². The SMILES string of the molecule is Cc1ccc(C2=C(Nc3ccc(F)c(F)c3)C(=O)N(c3cc(C)ccc3C)C2=O)cc1. The van der Waals surface area contributed by atoms with Crippen LogP contribution in [0.5, 0.6) is 0 Å². The third-order valence-electron chi connectivity index (χ3n) is 5.22. The van der Waals surface area contributed by atoms with Crippen LogP contribution in [-0.4, -0.2) is 11.8 Å². The van der Waals surface area contributed by atoms with Gasteiger partial charge >= 0.3 is 0 Å². The number of halogens is 2. The molecule has 1 aliphatic rings. The summed E-state index contributed by atoms with van der Waals surface area (Å²) >= 11 is 0. The highest BCUT2D eigenvalue weighted by Crippen LogP contribution is 2.35. The number of aryl methyl sites for hydroxylation is 3. The molecule has 0 unspecified atom stereocenters. The quantitative estimate of drug-likeness (QED) is 0.586. The van der Waals surface area contributed by atoms with Crippen molar-refractivity contribution < 1.29 is 18.4 Å². The summed E-state index contributed by atoms with van der Waals surface area (Å²) in [4.78, 5) is 28.0. The van der Waals surface area contributed by atoms with Crippen LogP contribution in [0.25, 0.3) is 5.57 Å². The largest absolute Gasteiger partial charge is 0.350 e. The Hall–Kier alpha value is -3.80. The summed E-state index contributed by atoms with van der Waals surface area (Å²) in [5.41, 5.74) is 4.08. The van der Waals surface area contributed by atoms with Gasteiger partial charge in [-0.05, 0) is 55.7 Å². The Bertz CT molecular complexity index is 1250. The Kier molecular flexibility index (Phi) is 5.15. The van der Waals surface area contributed by atoms with Gasteiger partial charge in [-0.1, -0.05) is 42.0 Å². The molecule has 0 bridgehead atoms. The van der Waals surface area contributed by atoms with Gasteiger partial charge in [0, 0.05) is 11.8 Å². The lowest BCUT2D eigenvalue weighted by molar-refractivity contribution is -0.120. The number of hydrogen-bond donors (Lipinski definition) is 1. The van der Waals surface area contributed by atoms with Crippen molar-refractivity contribution in [3.05, 3.63) is 100 Å². The molecule has 1 N–H and O–H groups in total. The molecule has 3 aromatic carbocycles. The number of benzene rings is 3. The predicted octanol–water partition coefficient (Wildman–Crippen LogP) is 5.29. The molecule has 2 amide bonds. The fourth-order valence-electron chi connectivity index (χ4n) is 3.53. The molecule has 1 aliphatic heterocycles. The lowest BCUT2D eigenvalue weighted by atomic mass is 10.0. The third kappa shape index (κ3) is 3.72. The normalized spacial score (nSPS) is 13.9. The minimum Gasteiger partial charge on any atom is -0.350 e. The molecule has 1 heterocycles. The van der Waals surface area contributed by atoms with E-state index < -0.39 is 23.4 Å². The molecular weight excluding hydrogens is 398 g/mol. The van der Waals surface area contributed by atoms with E-state index in [9.17, 15) is 18.4 Å². The Balaban J connectivity index is 1.85. The fourth-order valence-corrected chi connectivity index (χ4v) is 3.53. The molecule has 31 heavy (non-hydrogen) atoms. The second-order valence-corrected chi connectivity index (χ2v) is 7.61. The molecule has 4 rings (SSSR count). The van der Waals surface area contributed by atoms with E-state index in [2.05, 4.69) is 5.32 Å². The number of amides is 2. The van der Waals surface area contributed by atoms with Gasteiger partial charge in [0.2, 0.25) is 0 Å². The molecule has 0 radical (unpaired) electrons. The van der Waals surface area contributed by atoms with Gasteiger partial charge in [0.15, 0.2) is 11.6 Å². The molecule has 156 valence electrons. The first-order valence-corrected chi connectivity index (χ1v) is 9.75. The van der Waals surface area contributed by atoms with Gasteiger partial charge in [-0.3, -0.25) is 9.59 Å². The van der Waals surface area contributed by atoms with Crippen LogP contribution in [0.4, 0.5) is 20.2 Å². The zero-order valence-electron chi connectivity index (χ0n) is 17.3. The van der Waals surface area contributed by atoms with E-state index in [1.165, 1.54) is 6.07 Å². The van der Waals surface area contributed by atoms with Crippen molar-refractivity contribution in [2.75, 3.05) is 10.2 Å². The van der Waals surface area contributed by atoms with Gasteiger partial charge in [-0.15, -0.1) is 0 Å². The van der Waals surface area contributed by atoms with Crippen molar-refractivity contribution in [1.29, 1.82) is 0 Å². The molecule has 0 spiro atoms. The number of nitrogens with zero attached hydrogens (tertiary/aromatic N) is 1. The first-order valence-electron chi connectivity index (χ1n) is 9.75. The molecule has 0 aromatic heterocycles. The van der Waals surface area contributed by atoms with E-state index in [-0.39, 0.29) is 17.0 Å². The Morgan fingerprint density at radius 2 is 1.42 bits per heavy atom. The number of hydrogen-bond acceptors (Lipinski definition) is 3. The summed E-state index contributed by atoms with van der Waals surface area (Å²) in [6.45, 7) is 5.62. The van der Waals surface area contributed by atoms with Crippen molar-refractivity contribution in [2.45, 2.75) is 20.8 Å². The predicted molar refractivity (Wildman–Crippen MR) is 116 cm³/mol. The molecule has 3 aromatic rings. The topological polar surface area (TPSA) is 49.4 Å². The highest BCUT2D eigenvalue weighted by Gasteiger charge is 2.40. The summed E-state index contributed by atoms with van der Waals surface area (Å²) in [7, 11) is 0. The zero-order valence-corrected chi connectivity index (χ0v) is 17.3. The molecule has 0 fully saturated rings. The second-order valence-electron chi connectivity index (χ2n) is 7.61. The molecular formula is C25H20F2N2O2. The fraction of sp³-hybridized carbons (Fsp3) is 0.120. The van der Waals surface area contributed by atoms with Crippen LogP contribution in [0.3, 0.4) is 0 Å². The summed E-state index contributed by atoms with van der Waals surface area (Å²) in [6.07, 6.45) is 0. The average Bonchev–Trinajstić information content (AvgIpc) is 2.97. The number of carbonyl (C=O) groups is 2. The summed E-state index contributed by atoms with van der Waals surface area (Å²) < 4.78 is 27.1. The Morgan fingerprint density at radius 3 is 2.10 bits per heavy atom. The zero-order chi connectivity index (χ0) is 22.3. The van der Waals surface area contributed by atoms with E-state index in [1.54, 1.807) is 18.2 Å². The van der Waals surface area contributed by atoms with Crippen molar-refractivity contribution in [3.63, 3.8) is 0 Å². The first-order chi connectivity index (χ1) is 14.8. The molecule has 6 heteroatoms. The Labute approximate surface area is 178 Å². The molecule has 0 saturated heterocycles. The monoisotopic (exact) mass is 418 g/mol. The minimum absolute atomic E-state index is 0.0146. The molecule has 4 nitrogen and oxygen atoms in total. The smallest absolute Gasteiger partial charge is 0.282 e. The van der Waals surface area contributed by atoms with Crippen LogP contribution in [0.1, 0.15) is 22.3 Å². The lowest BCUT2D eigenvalue weighted by Gasteiger charge is -2.18. The molecule has 0 atom stereocenters. The highest BCUT2D eigenvalue weighted by molar-refractivity contribution is 6.46. The number of nitrogens with one attached hydrogen (secondary N) is 1. The van der Waals surface area contributed by atoms with Crippen LogP contribution in [0.15, 0.2) is 66.4 Å². The summed E-state index contributed by atoms with van der Waals surface area (Å²) in [5, 5.41) is 2.85. The standard InChI is InChI=1S/C25H20F2N2O2/c1-14-5-8-17(9-6-14)22-23(28-18-10-11-19(26)20(27)13-18)25(31)29(24(22)30)21-12-15(2)4-7-16(21)3/h4-13,28H,1-3H3. The summed E-state index contributed by atoms with van der Waals surface area (Å²) in [5.74, 6) is -3.08. The maximum Gasteiger partial charge on any atom is 0.282 e. The van der Waals surface area contributed by atoms with Crippen LogP contribution in [-0.2, 0) is 9.59 Å². The van der Waals surface area contributed by atoms with E-state index in [1.807, 2.05) is 45.0 Å². The highest BCUT2D eigenvalue weighted by atomic mass is 19.2. The maximum atomic E-state index is 13.7. The number of carbonyl (C=O) groups excluding carboxylic acids is 2. The summed E-state index contributed by atoms with van der Waals surface area (Å²) in [6, 6.07) is 16.0. The first kappa shape index (κ1) is 20.5. The van der Waals surface area contributed by atoms with Crippen LogP contribution in [0, 0.1) is 32.4 Å². The number of anilines is 2. The van der Waals surface area contributed by atoms with Crippen molar-refractivity contribution in [2.24, 2.45) is 0 Å². The van der Waals surface area contributed by atoms with Crippen LogP contribution >= 0.6 is 0 Å². The number of rotatable bonds is 4. The van der Waals surface area contributed by atoms with Crippen LogP contribution in [0.2, 0.25) is 0 Å². The van der Waals surface area contributed by atoms with Gasteiger partial charge in [-0.25, -0.2) is 13.7 Å². The minimum atomic E-state index is -1.05. The van der Waals surface area contributed by atoms with Gasteiger partial charge in [0.1, 0.15) is 5.70 Å². The van der Waals surface area contributed by atoms with Gasteiger partial charge < -0.3 is 5.32 Å².